The van der Waals surface area contributed by atoms with Gasteiger partial charge >= 0.3 is 5.97 Å². The summed E-state index contributed by atoms with van der Waals surface area (Å²) in [5.41, 5.74) is 3.00. The van der Waals surface area contributed by atoms with Crippen LogP contribution in [0.5, 0.6) is 0 Å². The number of benzene rings is 2. The molecule has 1 N–H and O–H groups in total. The van der Waals surface area contributed by atoms with Crippen LogP contribution in [-0.2, 0) is 20.7 Å². The molecule has 2 aliphatic heterocycles. The molecule has 3 heterocycles. The van der Waals surface area contributed by atoms with Gasteiger partial charge in [-0.2, -0.15) is 0 Å². The third-order valence-electron chi connectivity index (χ3n) is 7.23. The van der Waals surface area contributed by atoms with Crippen LogP contribution in [0.25, 0.3) is 0 Å². The Kier molecular flexibility index (Phi) is 10.9. The molecule has 3 aromatic rings. The van der Waals surface area contributed by atoms with E-state index in [1.807, 2.05) is 35.7 Å². The molecule has 0 bridgehead atoms. The van der Waals surface area contributed by atoms with Gasteiger partial charge in [-0.1, -0.05) is 66.0 Å². The summed E-state index contributed by atoms with van der Waals surface area (Å²) >= 11 is 14.4. The molecule has 0 spiro atoms. The SMILES string of the molecule is O=C(OCCCc1ccccc1)C1=C(COCCN2CCCCC2)NC(c2cccs2)=NC1c1cc(Cl)cc(Cl)c1. The number of thiophene rings is 1. The molecule has 0 amide bonds. The number of hydrogen-bond donors (Lipinski definition) is 1. The fourth-order valence-corrected chi connectivity index (χ4v) is 6.40. The number of rotatable bonds is 12. The Labute approximate surface area is 256 Å². The molecule has 2 aromatic carbocycles. The minimum absolute atomic E-state index is 0.234. The number of aliphatic imine (C=N–C) groups is 1. The third-order valence-corrected chi connectivity index (χ3v) is 8.55. The summed E-state index contributed by atoms with van der Waals surface area (Å²) in [4.78, 5) is 22.1. The molecular weight excluding hydrogens is 577 g/mol. The second kappa shape index (κ2) is 15.0. The topological polar surface area (TPSA) is 63.2 Å². The largest absolute Gasteiger partial charge is 0.462 e. The van der Waals surface area contributed by atoms with Crippen molar-refractivity contribution >= 4 is 46.3 Å². The molecule has 1 fully saturated rings. The highest BCUT2D eigenvalue weighted by Crippen LogP contribution is 2.35. The highest BCUT2D eigenvalue weighted by Gasteiger charge is 2.33. The molecule has 6 nitrogen and oxygen atoms in total. The number of aryl methyl sites for hydroxylation is 1. The van der Waals surface area contributed by atoms with Crippen molar-refractivity contribution < 1.29 is 14.3 Å². The number of amidine groups is 1. The first-order valence-corrected chi connectivity index (χ1v) is 15.8. The Bertz CT molecular complexity index is 1340. The van der Waals surface area contributed by atoms with E-state index in [0.717, 1.165) is 42.9 Å². The average molecular weight is 613 g/mol. The number of ether oxygens (including phenoxy) is 2. The number of carbonyl (C=O) groups excluding carboxylic acids is 1. The number of nitrogens with zero attached hydrogens (tertiary/aromatic N) is 2. The molecule has 1 aromatic heterocycles. The van der Waals surface area contributed by atoms with Gasteiger partial charge in [0.1, 0.15) is 11.9 Å². The zero-order chi connectivity index (χ0) is 28.4. The maximum absolute atomic E-state index is 13.7. The molecule has 1 unspecified atom stereocenters. The highest BCUT2D eigenvalue weighted by atomic mass is 35.5. The van der Waals surface area contributed by atoms with Crippen LogP contribution in [0.4, 0.5) is 0 Å². The summed E-state index contributed by atoms with van der Waals surface area (Å²) in [7, 11) is 0. The Hall–Kier alpha value is -2.68. The summed E-state index contributed by atoms with van der Waals surface area (Å²) in [6.45, 7) is 4.19. The van der Waals surface area contributed by atoms with Crippen molar-refractivity contribution in [3.05, 3.63) is 103 Å². The maximum atomic E-state index is 13.7. The molecule has 1 saturated heterocycles. The van der Waals surface area contributed by atoms with Crippen LogP contribution >= 0.6 is 34.5 Å². The Balaban J connectivity index is 1.38. The average Bonchev–Trinajstić information content (AvgIpc) is 3.53. The Morgan fingerprint density at radius 2 is 1.78 bits per heavy atom. The number of hydrogen-bond acceptors (Lipinski definition) is 7. The predicted molar refractivity (Wildman–Crippen MR) is 167 cm³/mol. The van der Waals surface area contributed by atoms with Crippen molar-refractivity contribution in [3.63, 3.8) is 0 Å². The van der Waals surface area contributed by atoms with E-state index in [0.29, 0.717) is 40.4 Å². The minimum Gasteiger partial charge on any atom is -0.462 e. The maximum Gasteiger partial charge on any atom is 0.338 e. The second-order valence-corrected chi connectivity index (χ2v) is 12.1. The van der Waals surface area contributed by atoms with Gasteiger partial charge in [0.05, 0.1) is 36.0 Å². The van der Waals surface area contributed by atoms with Gasteiger partial charge in [0.25, 0.3) is 0 Å². The molecule has 5 rings (SSSR count). The van der Waals surface area contributed by atoms with E-state index in [2.05, 4.69) is 22.3 Å². The monoisotopic (exact) mass is 611 g/mol. The van der Waals surface area contributed by atoms with Crippen LogP contribution in [-0.4, -0.2) is 56.2 Å². The standard InChI is InChI=1S/C32H35Cl2N3O3S/c33-25-19-24(20-26(34)21-25)30-29(32(38)40-16-7-11-23-9-3-1-4-10-23)27(35-31(36-30)28-12-8-18-41-28)22-39-17-15-37-13-5-2-6-14-37/h1,3-4,8-10,12,18-21,30H,2,5-7,11,13-17,22H2,(H,35,36). The van der Waals surface area contributed by atoms with E-state index < -0.39 is 12.0 Å². The quantitative estimate of drug-likeness (QED) is 0.175. The number of piperidine rings is 1. The molecule has 1 atom stereocenters. The van der Waals surface area contributed by atoms with Gasteiger partial charge in [0.15, 0.2) is 0 Å². The van der Waals surface area contributed by atoms with Crippen LogP contribution in [0, 0.1) is 0 Å². The number of likely N-dealkylation sites (tertiary alicyclic amines) is 1. The molecule has 9 heteroatoms. The van der Waals surface area contributed by atoms with E-state index in [4.69, 9.17) is 37.7 Å². The van der Waals surface area contributed by atoms with Crippen molar-refractivity contribution in [2.75, 3.05) is 39.5 Å². The fraction of sp³-hybridized carbons (Fsp3) is 0.375. The molecule has 0 radical (unpaired) electrons. The third kappa shape index (κ3) is 8.43. The van der Waals surface area contributed by atoms with Crippen LogP contribution in [0.15, 0.2) is 82.3 Å². The normalized spacial score (nSPS) is 17.7. The Morgan fingerprint density at radius 3 is 2.51 bits per heavy atom. The molecule has 41 heavy (non-hydrogen) atoms. The zero-order valence-electron chi connectivity index (χ0n) is 23.0. The highest BCUT2D eigenvalue weighted by molar-refractivity contribution is 7.12. The summed E-state index contributed by atoms with van der Waals surface area (Å²) in [6, 6.07) is 18.8. The van der Waals surface area contributed by atoms with Crippen molar-refractivity contribution in [2.45, 2.75) is 38.1 Å². The summed E-state index contributed by atoms with van der Waals surface area (Å²) in [5, 5.41) is 6.37. The van der Waals surface area contributed by atoms with Crippen LogP contribution in [0.2, 0.25) is 10.0 Å². The van der Waals surface area contributed by atoms with Crippen molar-refractivity contribution in [2.24, 2.45) is 4.99 Å². The van der Waals surface area contributed by atoms with Gasteiger partial charge in [0, 0.05) is 16.6 Å². The van der Waals surface area contributed by atoms with Crippen LogP contribution in [0.3, 0.4) is 0 Å². The first kappa shape index (κ1) is 29.8. The summed E-state index contributed by atoms with van der Waals surface area (Å²) in [5.74, 6) is 0.256. The van der Waals surface area contributed by atoms with Crippen molar-refractivity contribution in [1.82, 2.24) is 10.2 Å². The Morgan fingerprint density at radius 1 is 1.00 bits per heavy atom. The summed E-state index contributed by atoms with van der Waals surface area (Å²) < 4.78 is 12.0. The molecule has 0 aliphatic carbocycles. The lowest BCUT2D eigenvalue weighted by Gasteiger charge is -2.28. The van der Waals surface area contributed by atoms with Gasteiger partial charge in [-0.3, -0.25) is 4.99 Å². The number of esters is 1. The number of nitrogens with one attached hydrogen (secondary N) is 1. The molecule has 216 valence electrons. The fourth-order valence-electron chi connectivity index (χ4n) is 5.18. The van der Waals surface area contributed by atoms with Crippen molar-refractivity contribution in [3.8, 4) is 0 Å². The van der Waals surface area contributed by atoms with E-state index >= 15 is 0 Å². The van der Waals surface area contributed by atoms with Crippen molar-refractivity contribution in [1.29, 1.82) is 0 Å². The van der Waals surface area contributed by atoms with E-state index in [-0.39, 0.29) is 6.61 Å². The van der Waals surface area contributed by atoms with Gasteiger partial charge in [-0.15, -0.1) is 11.3 Å². The number of halogens is 2. The molecule has 2 aliphatic rings. The van der Waals surface area contributed by atoms with Gasteiger partial charge in [-0.25, -0.2) is 4.79 Å². The lowest BCUT2D eigenvalue weighted by molar-refractivity contribution is -0.139. The van der Waals surface area contributed by atoms with E-state index in [9.17, 15) is 4.79 Å². The first-order valence-electron chi connectivity index (χ1n) is 14.2. The number of carbonyl (C=O) groups is 1. The zero-order valence-corrected chi connectivity index (χ0v) is 25.3. The predicted octanol–water partition coefficient (Wildman–Crippen LogP) is 7.08. The van der Waals surface area contributed by atoms with E-state index in [1.54, 1.807) is 29.5 Å². The molecule has 0 saturated carbocycles. The lowest BCUT2D eigenvalue weighted by Crippen LogP contribution is -2.36. The van der Waals surface area contributed by atoms with Crippen LogP contribution in [0.1, 0.15) is 47.7 Å². The summed E-state index contributed by atoms with van der Waals surface area (Å²) in [6.07, 6.45) is 5.31. The lowest BCUT2D eigenvalue weighted by atomic mass is 9.95. The second-order valence-electron chi connectivity index (χ2n) is 10.3. The smallest absolute Gasteiger partial charge is 0.338 e. The first-order chi connectivity index (χ1) is 20.1. The van der Waals surface area contributed by atoms with Gasteiger partial charge < -0.3 is 19.7 Å². The minimum atomic E-state index is -0.646. The van der Waals surface area contributed by atoms with Gasteiger partial charge in [-0.05, 0) is 79.5 Å². The van der Waals surface area contributed by atoms with E-state index in [1.165, 1.54) is 24.8 Å². The van der Waals surface area contributed by atoms with Crippen LogP contribution < -0.4 is 5.32 Å². The molecular formula is C32H35Cl2N3O3S. The van der Waals surface area contributed by atoms with Gasteiger partial charge in [0.2, 0.25) is 0 Å².